The normalized spacial score (nSPS) is 11.6. The van der Waals surface area contributed by atoms with E-state index >= 15 is 0 Å². The molecule has 0 fully saturated rings. The predicted octanol–water partition coefficient (Wildman–Crippen LogP) is 4.56. The molecule has 2 N–H and O–H groups in total. The number of benzene rings is 3. The summed E-state index contributed by atoms with van der Waals surface area (Å²) in [7, 11) is -4.03. The molecule has 0 aliphatic carbocycles. The minimum absolute atomic E-state index is 0.143. The fourth-order valence-electron chi connectivity index (χ4n) is 2.85. The van der Waals surface area contributed by atoms with E-state index in [1.807, 2.05) is 26.0 Å². The summed E-state index contributed by atoms with van der Waals surface area (Å²) >= 11 is 0. The smallest absolute Gasteiger partial charge is 0.225 e. The maximum absolute atomic E-state index is 14.0. The molecule has 134 valence electrons. The van der Waals surface area contributed by atoms with Crippen molar-refractivity contribution in [3.05, 3.63) is 77.4 Å². The van der Waals surface area contributed by atoms with Crippen LogP contribution in [0, 0.1) is 25.5 Å². The van der Waals surface area contributed by atoms with Gasteiger partial charge in [0.1, 0.15) is 0 Å². The Balaban J connectivity index is 2.36. The molecule has 0 aromatic heterocycles. The summed E-state index contributed by atoms with van der Waals surface area (Å²) in [4.78, 5) is -0.143. The van der Waals surface area contributed by atoms with Gasteiger partial charge in [0.25, 0.3) is 0 Å². The Bertz CT molecular complexity index is 1110. The summed E-state index contributed by atoms with van der Waals surface area (Å²) in [6.45, 7) is 3.86. The lowest BCUT2D eigenvalue weighted by molar-refractivity contribution is 0.509. The number of halogens is 2. The second-order valence-corrected chi connectivity index (χ2v) is 7.68. The van der Waals surface area contributed by atoms with Crippen molar-refractivity contribution >= 4 is 10.0 Å². The third-order valence-corrected chi connectivity index (χ3v) is 5.33. The molecule has 0 unspecified atom stereocenters. The highest BCUT2D eigenvalue weighted by molar-refractivity contribution is 7.89. The summed E-state index contributed by atoms with van der Waals surface area (Å²) in [6.07, 6.45) is 0. The highest BCUT2D eigenvalue weighted by Crippen LogP contribution is 2.37. The van der Waals surface area contributed by atoms with Gasteiger partial charge in [-0.3, -0.25) is 0 Å². The van der Waals surface area contributed by atoms with Crippen LogP contribution in [0.5, 0.6) is 0 Å². The zero-order chi connectivity index (χ0) is 19.1. The summed E-state index contributed by atoms with van der Waals surface area (Å²) in [5.41, 5.74) is 3.58. The van der Waals surface area contributed by atoms with Crippen molar-refractivity contribution in [1.82, 2.24) is 0 Å². The quantitative estimate of drug-likeness (QED) is 0.731. The molecule has 6 heteroatoms. The van der Waals surface area contributed by atoms with Gasteiger partial charge in [-0.2, -0.15) is 0 Å². The monoisotopic (exact) mass is 373 g/mol. The lowest BCUT2D eigenvalue weighted by Crippen LogP contribution is -2.13. The van der Waals surface area contributed by atoms with Crippen LogP contribution in [0.3, 0.4) is 0 Å². The highest BCUT2D eigenvalue weighted by atomic mass is 32.2. The number of hydrogen-bond donors (Lipinski definition) is 1. The van der Waals surface area contributed by atoms with Crippen LogP contribution in [0.2, 0.25) is 0 Å². The molecule has 0 aliphatic rings. The Labute approximate surface area is 151 Å². The molecule has 3 aromatic rings. The standard InChI is InChI=1S/C20H17F2NO2S/c1-12-7-8-14(9-13(12)2)16-10-18(21)19(22)11-17(16)15-5-3-4-6-20(15)26(23,24)25/h3-11H,1-2H3,(H2,23,24,25). The lowest BCUT2D eigenvalue weighted by atomic mass is 9.92. The minimum atomic E-state index is -4.03. The van der Waals surface area contributed by atoms with Crippen molar-refractivity contribution in [2.45, 2.75) is 18.7 Å². The average molecular weight is 373 g/mol. The van der Waals surface area contributed by atoms with Crippen LogP contribution < -0.4 is 5.14 Å². The Morgan fingerprint density at radius 2 is 1.38 bits per heavy atom. The first-order chi connectivity index (χ1) is 12.2. The SMILES string of the molecule is Cc1ccc(-c2cc(F)c(F)cc2-c2ccccc2S(N)(=O)=O)cc1C. The van der Waals surface area contributed by atoms with Crippen molar-refractivity contribution in [2.24, 2.45) is 5.14 Å². The van der Waals surface area contributed by atoms with Gasteiger partial charge in [0.15, 0.2) is 11.6 Å². The van der Waals surface area contributed by atoms with Gasteiger partial charge in [0, 0.05) is 5.56 Å². The van der Waals surface area contributed by atoms with E-state index in [0.717, 1.165) is 23.3 Å². The number of aryl methyl sites for hydroxylation is 2. The summed E-state index contributed by atoms with van der Waals surface area (Å²) in [5.74, 6) is -2.06. The Morgan fingerprint density at radius 1 is 0.769 bits per heavy atom. The van der Waals surface area contributed by atoms with Crippen molar-refractivity contribution in [3.63, 3.8) is 0 Å². The van der Waals surface area contributed by atoms with Gasteiger partial charge >= 0.3 is 0 Å². The van der Waals surface area contributed by atoms with Crippen LogP contribution in [-0.4, -0.2) is 8.42 Å². The topological polar surface area (TPSA) is 60.2 Å². The molecule has 3 rings (SSSR count). The first-order valence-corrected chi connectivity index (χ1v) is 9.42. The zero-order valence-corrected chi connectivity index (χ0v) is 15.1. The largest absolute Gasteiger partial charge is 0.238 e. The second-order valence-electron chi connectivity index (χ2n) is 6.15. The van der Waals surface area contributed by atoms with Crippen LogP contribution in [0.4, 0.5) is 8.78 Å². The second kappa shape index (κ2) is 6.63. The summed E-state index contributed by atoms with van der Waals surface area (Å²) < 4.78 is 51.8. The van der Waals surface area contributed by atoms with E-state index < -0.39 is 21.7 Å². The van der Waals surface area contributed by atoms with Gasteiger partial charge in [0.05, 0.1) is 4.90 Å². The van der Waals surface area contributed by atoms with Gasteiger partial charge in [-0.1, -0.05) is 36.4 Å². The minimum Gasteiger partial charge on any atom is -0.225 e. The van der Waals surface area contributed by atoms with E-state index in [1.54, 1.807) is 12.1 Å². The van der Waals surface area contributed by atoms with Gasteiger partial charge in [-0.25, -0.2) is 22.3 Å². The number of rotatable bonds is 3. The molecule has 0 radical (unpaired) electrons. The molecule has 26 heavy (non-hydrogen) atoms. The summed E-state index contributed by atoms with van der Waals surface area (Å²) in [6, 6.07) is 13.6. The Hall–Kier alpha value is -2.57. The first kappa shape index (κ1) is 18.2. The third-order valence-electron chi connectivity index (χ3n) is 4.36. The van der Waals surface area contributed by atoms with E-state index in [0.29, 0.717) is 11.1 Å². The van der Waals surface area contributed by atoms with Crippen molar-refractivity contribution < 1.29 is 17.2 Å². The van der Waals surface area contributed by atoms with Gasteiger partial charge in [0.2, 0.25) is 10.0 Å². The third kappa shape index (κ3) is 3.38. The molecular weight excluding hydrogens is 356 g/mol. The van der Waals surface area contributed by atoms with E-state index in [4.69, 9.17) is 5.14 Å². The fraction of sp³-hybridized carbons (Fsp3) is 0.100. The van der Waals surface area contributed by atoms with Gasteiger partial charge in [-0.05, 0) is 59.9 Å². The van der Waals surface area contributed by atoms with Gasteiger partial charge < -0.3 is 0 Å². The molecule has 0 spiro atoms. The Kier molecular flexibility index (Phi) is 4.64. The maximum Gasteiger partial charge on any atom is 0.238 e. The van der Waals surface area contributed by atoms with Crippen LogP contribution >= 0.6 is 0 Å². The van der Waals surface area contributed by atoms with E-state index in [-0.39, 0.29) is 16.0 Å². The molecule has 0 aliphatic heterocycles. The molecule has 0 bridgehead atoms. The number of hydrogen-bond acceptors (Lipinski definition) is 2. The fourth-order valence-corrected chi connectivity index (χ4v) is 3.61. The Morgan fingerprint density at radius 3 is 2.00 bits per heavy atom. The number of primary sulfonamides is 1. The van der Waals surface area contributed by atoms with Crippen molar-refractivity contribution in [3.8, 4) is 22.3 Å². The first-order valence-electron chi connectivity index (χ1n) is 7.87. The zero-order valence-electron chi connectivity index (χ0n) is 14.3. The molecule has 3 aromatic carbocycles. The molecule has 0 heterocycles. The highest BCUT2D eigenvalue weighted by Gasteiger charge is 2.20. The maximum atomic E-state index is 14.0. The lowest BCUT2D eigenvalue weighted by Gasteiger charge is -2.15. The molecule has 0 saturated heterocycles. The number of sulfonamides is 1. The van der Waals surface area contributed by atoms with Crippen LogP contribution in [-0.2, 0) is 10.0 Å². The van der Waals surface area contributed by atoms with Crippen LogP contribution in [0.15, 0.2) is 59.5 Å². The molecular formula is C20H17F2NO2S. The van der Waals surface area contributed by atoms with Crippen molar-refractivity contribution in [1.29, 1.82) is 0 Å². The van der Waals surface area contributed by atoms with E-state index in [1.165, 1.54) is 18.2 Å². The molecule has 3 nitrogen and oxygen atoms in total. The van der Waals surface area contributed by atoms with Gasteiger partial charge in [-0.15, -0.1) is 0 Å². The van der Waals surface area contributed by atoms with Crippen LogP contribution in [0.1, 0.15) is 11.1 Å². The summed E-state index contributed by atoms with van der Waals surface area (Å²) in [5, 5.41) is 5.30. The molecule has 0 amide bonds. The molecule has 0 atom stereocenters. The predicted molar refractivity (Wildman–Crippen MR) is 98.1 cm³/mol. The van der Waals surface area contributed by atoms with E-state index in [2.05, 4.69) is 0 Å². The number of nitrogens with two attached hydrogens (primary N) is 1. The molecule has 0 saturated carbocycles. The van der Waals surface area contributed by atoms with Crippen molar-refractivity contribution in [2.75, 3.05) is 0 Å². The van der Waals surface area contributed by atoms with Crippen LogP contribution in [0.25, 0.3) is 22.3 Å². The van der Waals surface area contributed by atoms with E-state index in [9.17, 15) is 17.2 Å². The average Bonchev–Trinajstić information content (AvgIpc) is 2.58.